The molecule has 1 amide bonds. The van der Waals surface area contributed by atoms with Crippen LogP contribution >= 0.6 is 0 Å². The number of anilines is 4. The second kappa shape index (κ2) is 14.2. The van der Waals surface area contributed by atoms with E-state index in [0.29, 0.717) is 28.9 Å². The van der Waals surface area contributed by atoms with Crippen LogP contribution in [0.4, 0.5) is 44.8 Å². The summed E-state index contributed by atoms with van der Waals surface area (Å²) in [6.45, 7) is -1.28. The van der Waals surface area contributed by atoms with Crippen LogP contribution in [0.3, 0.4) is 0 Å². The number of nitrogen functional groups attached to an aromatic ring is 1. The number of carbonyl (C=O) groups is 1. The second-order valence-electron chi connectivity index (χ2n) is 9.13. The molecular formula is C27H27BF5N5O5. The lowest BCUT2D eigenvalue weighted by Crippen LogP contribution is -2.35. The normalized spacial score (nSPS) is 12.0. The molecule has 1 aromatic heterocycles. The number of nitrogens with zero attached hydrogens (tertiary/aromatic N) is 4. The third-order valence-corrected chi connectivity index (χ3v) is 5.68. The maximum atomic E-state index is 12.8. The Hall–Kier alpha value is -4.44. The second-order valence-corrected chi connectivity index (χ2v) is 9.13. The van der Waals surface area contributed by atoms with Crippen LogP contribution in [-0.4, -0.2) is 74.3 Å². The Bertz CT molecular complexity index is 1400. The topological polar surface area (TPSA) is 134 Å². The summed E-state index contributed by atoms with van der Waals surface area (Å²) in [5.74, 6) is -3.11. The number of nitrogens with two attached hydrogens (primary N) is 1. The number of aliphatic hydroxyl groups is 2. The molecule has 16 heteroatoms. The van der Waals surface area contributed by atoms with Crippen molar-refractivity contribution >= 4 is 43.4 Å². The number of pyridine rings is 1. The predicted octanol–water partition coefficient (Wildman–Crippen LogP) is 3.75. The van der Waals surface area contributed by atoms with Crippen LogP contribution in [0.2, 0.25) is 0 Å². The maximum Gasteiger partial charge on any atom is 0.390 e. The van der Waals surface area contributed by atoms with Crippen molar-refractivity contribution in [3.8, 4) is 11.6 Å². The monoisotopic (exact) mass is 607 g/mol. The zero-order chi connectivity index (χ0) is 31.8. The molecule has 0 aliphatic carbocycles. The number of alkyl halides is 5. The van der Waals surface area contributed by atoms with Crippen molar-refractivity contribution in [3.05, 3.63) is 65.7 Å². The van der Waals surface area contributed by atoms with Gasteiger partial charge >= 0.3 is 6.18 Å². The first-order valence-electron chi connectivity index (χ1n) is 12.5. The predicted molar refractivity (Wildman–Crippen MR) is 150 cm³/mol. The molecule has 0 aliphatic heterocycles. The fourth-order valence-electron chi connectivity index (χ4n) is 3.71. The number of ether oxygens (including phenoxy) is 2. The van der Waals surface area contributed by atoms with Crippen molar-refractivity contribution in [2.75, 3.05) is 35.7 Å². The number of benzene rings is 2. The molecule has 0 saturated heterocycles. The van der Waals surface area contributed by atoms with Crippen molar-refractivity contribution in [2.24, 2.45) is 4.99 Å². The Morgan fingerprint density at radius 2 is 1.77 bits per heavy atom. The lowest BCUT2D eigenvalue weighted by molar-refractivity contribution is -0.223. The number of aliphatic imine (C=N–C) groups is 1. The number of carbonyl (C=O) groups excluding carboxylic acids is 1. The Labute approximate surface area is 244 Å². The zero-order valence-corrected chi connectivity index (χ0v) is 22.7. The fraction of sp³-hybridized carbons (Fsp3) is 0.296. The van der Waals surface area contributed by atoms with Crippen molar-refractivity contribution in [1.29, 1.82) is 0 Å². The summed E-state index contributed by atoms with van der Waals surface area (Å²) in [5, 5.41) is 18.5. The highest BCUT2D eigenvalue weighted by Gasteiger charge is 2.26. The molecule has 0 fully saturated rings. The number of aromatic nitrogens is 1. The molecule has 0 bridgehead atoms. The van der Waals surface area contributed by atoms with Gasteiger partial charge < -0.3 is 30.3 Å². The van der Waals surface area contributed by atoms with E-state index in [1.165, 1.54) is 42.6 Å². The van der Waals surface area contributed by atoms with E-state index in [9.17, 15) is 37.0 Å². The first-order chi connectivity index (χ1) is 20.1. The van der Waals surface area contributed by atoms with Gasteiger partial charge in [-0.2, -0.15) is 18.2 Å². The average Bonchev–Trinajstić information content (AvgIpc) is 2.91. The van der Waals surface area contributed by atoms with Gasteiger partial charge in [-0.05, 0) is 48.5 Å². The van der Waals surface area contributed by atoms with Gasteiger partial charge in [0.25, 0.3) is 12.3 Å². The Morgan fingerprint density at radius 3 is 2.37 bits per heavy atom. The minimum atomic E-state index is -4.34. The molecule has 43 heavy (non-hydrogen) atoms. The summed E-state index contributed by atoms with van der Waals surface area (Å²) in [4.78, 5) is 23.2. The third-order valence-electron chi connectivity index (χ3n) is 5.68. The largest absolute Gasteiger partial charge is 0.472 e. The summed E-state index contributed by atoms with van der Waals surface area (Å²) >= 11 is 0. The van der Waals surface area contributed by atoms with Gasteiger partial charge in [-0.3, -0.25) is 14.7 Å². The van der Waals surface area contributed by atoms with Gasteiger partial charge in [-0.1, -0.05) is 0 Å². The lowest BCUT2D eigenvalue weighted by atomic mass is 10.1. The van der Waals surface area contributed by atoms with E-state index in [0.717, 1.165) is 4.90 Å². The summed E-state index contributed by atoms with van der Waals surface area (Å²) in [7, 11) is 6.71. The summed E-state index contributed by atoms with van der Waals surface area (Å²) in [5.41, 5.74) is 7.94. The third kappa shape index (κ3) is 10.4. The van der Waals surface area contributed by atoms with Crippen LogP contribution in [0.25, 0.3) is 0 Å². The Balaban J connectivity index is 1.92. The molecule has 228 valence electrons. The van der Waals surface area contributed by atoms with Crippen LogP contribution in [0.1, 0.15) is 17.5 Å². The fourth-order valence-corrected chi connectivity index (χ4v) is 3.71. The zero-order valence-electron chi connectivity index (χ0n) is 22.7. The highest BCUT2D eigenvalue weighted by atomic mass is 19.4. The van der Waals surface area contributed by atoms with E-state index < -0.39 is 38.0 Å². The molecule has 10 nitrogen and oxygen atoms in total. The van der Waals surface area contributed by atoms with Gasteiger partial charge in [-0.15, -0.1) is 0 Å². The van der Waals surface area contributed by atoms with Crippen molar-refractivity contribution in [2.45, 2.75) is 31.4 Å². The van der Waals surface area contributed by atoms with E-state index in [-0.39, 0.29) is 29.7 Å². The quantitative estimate of drug-likeness (QED) is 0.0631. The van der Waals surface area contributed by atoms with Crippen molar-refractivity contribution in [1.82, 2.24) is 4.98 Å². The van der Waals surface area contributed by atoms with Crippen LogP contribution in [0.15, 0.2) is 59.6 Å². The molecule has 3 rings (SSSR count). The van der Waals surface area contributed by atoms with E-state index in [1.54, 1.807) is 30.1 Å². The minimum Gasteiger partial charge on any atom is -0.472 e. The van der Waals surface area contributed by atoms with Gasteiger partial charge in [0.2, 0.25) is 20.1 Å². The highest BCUT2D eigenvalue weighted by molar-refractivity contribution is 6.12. The number of hydrogen-bond donors (Lipinski definition) is 3. The summed E-state index contributed by atoms with van der Waals surface area (Å²) in [6, 6.07) is 13.1. The van der Waals surface area contributed by atoms with Crippen molar-refractivity contribution < 1.29 is 46.4 Å². The molecule has 0 atom stereocenters. The van der Waals surface area contributed by atoms with Crippen molar-refractivity contribution in [3.63, 3.8) is 0 Å². The summed E-state index contributed by atoms with van der Waals surface area (Å²) in [6.07, 6.45) is -6.49. The van der Waals surface area contributed by atoms with Gasteiger partial charge in [0.1, 0.15) is 11.6 Å². The Kier molecular flexibility index (Phi) is 10.9. The molecule has 0 spiro atoms. The smallest absolute Gasteiger partial charge is 0.390 e. The minimum absolute atomic E-state index is 0.0316. The van der Waals surface area contributed by atoms with E-state index in [1.807, 2.05) is 0 Å². The number of rotatable bonds is 14. The Morgan fingerprint density at radius 1 is 1.09 bits per heavy atom. The molecule has 2 radical (unpaired) electrons. The lowest BCUT2D eigenvalue weighted by Gasteiger charge is -2.25. The number of amides is 1. The molecule has 0 aliphatic rings. The standard InChI is InChI=1S/C27H27BF5N5O5/c1-37(20-5-8-22(34)18(12-20)13-35-11-10-26(31,32)33)14-17-2-9-24(42-15-23(29)30)36-25(17)38(16-39)19-3-6-21(7-4-19)43-27(28,40)41/h2-9,12-13,16,23,40-41H,10-11,14-15,34H2,1H3. The summed E-state index contributed by atoms with van der Waals surface area (Å²) < 4.78 is 72.6. The van der Waals surface area contributed by atoms with Crippen LogP contribution in [0, 0.1) is 0 Å². The van der Waals surface area contributed by atoms with Crippen LogP contribution < -0.4 is 25.0 Å². The first kappa shape index (κ1) is 33.1. The maximum absolute atomic E-state index is 12.8. The van der Waals surface area contributed by atoms with E-state index >= 15 is 0 Å². The van der Waals surface area contributed by atoms with Crippen LogP contribution in [0.5, 0.6) is 11.6 Å². The SMILES string of the molecule is [B]C(O)(O)Oc1ccc(N(C=O)c2nc(OCC(F)F)ccc2CN(C)c2ccc(N)c(C=NCCC(F)(F)F)c2)cc1. The molecule has 1 heterocycles. The van der Waals surface area contributed by atoms with Gasteiger partial charge in [-0.25, -0.2) is 8.78 Å². The average molecular weight is 607 g/mol. The van der Waals surface area contributed by atoms with Crippen LogP contribution in [-0.2, 0) is 11.3 Å². The molecule has 3 aromatic rings. The van der Waals surface area contributed by atoms with Gasteiger partial charge in [0.15, 0.2) is 6.61 Å². The molecule has 0 unspecified atom stereocenters. The first-order valence-corrected chi connectivity index (χ1v) is 12.5. The highest BCUT2D eigenvalue weighted by Crippen LogP contribution is 2.31. The molecule has 2 aromatic carbocycles. The molecular weight excluding hydrogens is 580 g/mol. The number of hydrogen-bond acceptors (Lipinski definition) is 9. The van der Waals surface area contributed by atoms with E-state index in [4.69, 9.17) is 23.1 Å². The molecule has 4 N–H and O–H groups in total. The van der Waals surface area contributed by atoms with Gasteiger partial charge in [0.05, 0.1) is 12.1 Å². The van der Waals surface area contributed by atoms with Gasteiger partial charge in [0, 0.05) is 54.9 Å². The number of halogens is 5. The molecule has 0 saturated carbocycles. The van der Waals surface area contributed by atoms with E-state index in [2.05, 4.69) is 9.98 Å².